The Bertz CT molecular complexity index is 123. The van der Waals surface area contributed by atoms with Crippen LogP contribution < -0.4 is 0 Å². The van der Waals surface area contributed by atoms with Crippen molar-refractivity contribution < 1.29 is 9.53 Å². The van der Waals surface area contributed by atoms with Crippen LogP contribution in [0.3, 0.4) is 0 Å². The minimum Gasteiger partial charge on any atom is -0.465 e. The molecular weight excluding hydrogens is 243 g/mol. The van der Waals surface area contributed by atoms with Crippen molar-refractivity contribution in [3.05, 3.63) is 12.7 Å². The predicted octanol–water partition coefficient (Wildman–Crippen LogP) is 1.93. The highest BCUT2D eigenvalue weighted by atomic mass is 127. The highest BCUT2D eigenvalue weighted by molar-refractivity contribution is 14.1. The molecule has 0 saturated carbocycles. The second kappa shape index (κ2) is 5.70. The van der Waals surface area contributed by atoms with Crippen molar-refractivity contribution in [3.63, 3.8) is 0 Å². The molecule has 0 rings (SSSR count). The summed E-state index contributed by atoms with van der Waals surface area (Å²) in [5, 5.41) is 0. The Balaban J connectivity index is 3.58. The van der Waals surface area contributed by atoms with E-state index in [9.17, 15) is 4.79 Å². The van der Waals surface area contributed by atoms with E-state index < -0.39 is 0 Å². The normalized spacial score (nSPS) is 12.2. The predicted molar refractivity (Wildman–Crippen MR) is 49.3 cm³/mol. The van der Waals surface area contributed by atoms with Gasteiger partial charge < -0.3 is 4.74 Å². The lowest BCUT2D eigenvalue weighted by atomic mass is 10.3. The van der Waals surface area contributed by atoms with Gasteiger partial charge in [-0.05, 0) is 13.3 Å². The molecule has 0 aromatic carbocycles. The van der Waals surface area contributed by atoms with Crippen LogP contribution in [0.4, 0.5) is 0 Å². The van der Waals surface area contributed by atoms with Crippen LogP contribution in [-0.2, 0) is 9.53 Å². The number of esters is 1. The minimum absolute atomic E-state index is 0.0740. The Hall–Kier alpha value is -0.0600. The van der Waals surface area contributed by atoms with Crippen molar-refractivity contribution in [3.8, 4) is 0 Å². The van der Waals surface area contributed by atoms with Gasteiger partial charge in [-0.2, -0.15) is 0 Å². The van der Waals surface area contributed by atoms with E-state index in [1.54, 1.807) is 13.0 Å². The molecule has 0 aliphatic heterocycles. The van der Waals surface area contributed by atoms with E-state index >= 15 is 0 Å². The molecule has 0 fully saturated rings. The molecule has 0 amide bonds. The summed E-state index contributed by atoms with van der Waals surface area (Å²) in [6.07, 6.45) is 2.40. The van der Waals surface area contributed by atoms with Gasteiger partial charge in [0.15, 0.2) is 0 Å². The zero-order chi connectivity index (χ0) is 7.98. The third-order valence-corrected chi connectivity index (χ3v) is 1.93. The molecule has 0 spiro atoms. The first-order valence-electron chi connectivity index (χ1n) is 3.14. The molecule has 1 unspecified atom stereocenters. The van der Waals surface area contributed by atoms with Crippen LogP contribution >= 0.6 is 22.6 Å². The van der Waals surface area contributed by atoms with Crippen molar-refractivity contribution in [2.45, 2.75) is 17.3 Å². The van der Waals surface area contributed by atoms with Gasteiger partial charge in [0.25, 0.3) is 0 Å². The summed E-state index contributed by atoms with van der Waals surface area (Å²) in [5.41, 5.74) is 0. The largest absolute Gasteiger partial charge is 0.465 e. The number of rotatable bonds is 4. The Morgan fingerprint density at radius 1 is 1.90 bits per heavy atom. The minimum atomic E-state index is -0.150. The van der Waals surface area contributed by atoms with E-state index in [0.29, 0.717) is 13.0 Å². The van der Waals surface area contributed by atoms with Crippen LogP contribution in [0.15, 0.2) is 12.7 Å². The molecule has 0 bridgehead atoms. The standard InChI is InChI=1S/C7H11IO2/c1-3-5-6(8)7(9)10-4-2/h3,6H,1,4-5H2,2H3. The van der Waals surface area contributed by atoms with Crippen LogP contribution in [0.5, 0.6) is 0 Å². The second-order valence-electron chi connectivity index (χ2n) is 1.74. The first-order valence-corrected chi connectivity index (χ1v) is 4.38. The number of ether oxygens (including phenoxy) is 1. The summed E-state index contributed by atoms with van der Waals surface area (Å²) in [6, 6.07) is 0. The first-order chi connectivity index (χ1) is 4.72. The highest BCUT2D eigenvalue weighted by Gasteiger charge is 2.12. The van der Waals surface area contributed by atoms with E-state index in [-0.39, 0.29) is 9.89 Å². The van der Waals surface area contributed by atoms with Crippen molar-refractivity contribution in [1.29, 1.82) is 0 Å². The third kappa shape index (κ3) is 3.87. The fraction of sp³-hybridized carbons (Fsp3) is 0.571. The van der Waals surface area contributed by atoms with E-state index in [1.807, 2.05) is 22.6 Å². The maximum Gasteiger partial charge on any atom is 0.319 e. The zero-order valence-corrected chi connectivity index (χ0v) is 8.13. The fourth-order valence-corrected chi connectivity index (χ4v) is 1.01. The van der Waals surface area contributed by atoms with E-state index in [0.717, 1.165) is 0 Å². The molecule has 0 N–H and O–H groups in total. The summed E-state index contributed by atoms with van der Waals surface area (Å²) in [4.78, 5) is 10.9. The number of hydrogen-bond acceptors (Lipinski definition) is 2. The quantitative estimate of drug-likeness (QED) is 0.331. The number of alkyl halides is 1. The van der Waals surface area contributed by atoms with Gasteiger partial charge in [-0.1, -0.05) is 28.7 Å². The molecular formula is C7H11IO2. The Morgan fingerprint density at radius 3 is 2.90 bits per heavy atom. The second-order valence-corrected chi connectivity index (χ2v) is 3.25. The molecule has 0 aliphatic rings. The molecule has 0 aromatic heterocycles. The van der Waals surface area contributed by atoms with Gasteiger partial charge in [0.2, 0.25) is 0 Å². The average molecular weight is 254 g/mol. The summed E-state index contributed by atoms with van der Waals surface area (Å²) in [7, 11) is 0. The average Bonchev–Trinajstić information content (AvgIpc) is 1.89. The Kier molecular flexibility index (Phi) is 5.67. The molecule has 0 radical (unpaired) electrons. The molecule has 2 nitrogen and oxygen atoms in total. The van der Waals surface area contributed by atoms with Crippen molar-refractivity contribution >= 4 is 28.6 Å². The van der Waals surface area contributed by atoms with E-state index in [4.69, 9.17) is 4.74 Å². The zero-order valence-electron chi connectivity index (χ0n) is 5.97. The molecule has 1 atom stereocenters. The van der Waals surface area contributed by atoms with Gasteiger partial charge in [0.1, 0.15) is 3.92 Å². The smallest absolute Gasteiger partial charge is 0.319 e. The molecule has 0 aromatic rings. The van der Waals surface area contributed by atoms with Crippen LogP contribution in [0.1, 0.15) is 13.3 Å². The molecule has 0 saturated heterocycles. The van der Waals surface area contributed by atoms with Crippen molar-refractivity contribution in [1.82, 2.24) is 0 Å². The number of carbonyl (C=O) groups is 1. The van der Waals surface area contributed by atoms with Gasteiger partial charge in [-0.25, -0.2) is 0 Å². The monoisotopic (exact) mass is 254 g/mol. The SMILES string of the molecule is C=CCC(I)C(=O)OCC. The Morgan fingerprint density at radius 2 is 2.50 bits per heavy atom. The van der Waals surface area contributed by atoms with Crippen molar-refractivity contribution in [2.75, 3.05) is 6.61 Å². The molecule has 0 heterocycles. The van der Waals surface area contributed by atoms with Crippen LogP contribution in [-0.4, -0.2) is 16.5 Å². The number of halogens is 1. The summed E-state index contributed by atoms with van der Waals surface area (Å²) in [6.45, 7) is 5.79. The number of carbonyl (C=O) groups excluding carboxylic acids is 1. The fourth-order valence-electron chi connectivity index (χ4n) is 0.475. The molecule has 3 heteroatoms. The summed E-state index contributed by atoms with van der Waals surface area (Å²) in [5.74, 6) is -0.150. The summed E-state index contributed by atoms with van der Waals surface area (Å²) >= 11 is 2.05. The van der Waals surface area contributed by atoms with Crippen LogP contribution in [0.2, 0.25) is 0 Å². The summed E-state index contributed by atoms with van der Waals surface area (Å²) < 4.78 is 4.69. The third-order valence-electron chi connectivity index (χ3n) is 0.916. The van der Waals surface area contributed by atoms with Gasteiger partial charge >= 0.3 is 5.97 Å². The number of allylic oxidation sites excluding steroid dienone is 1. The van der Waals surface area contributed by atoms with E-state index in [1.165, 1.54) is 0 Å². The maximum atomic E-state index is 10.9. The molecule has 10 heavy (non-hydrogen) atoms. The topological polar surface area (TPSA) is 26.3 Å². The molecule has 0 aliphatic carbocycles. The van der Waals surface area contributed by atoms with Gasteiger partial charge in [0.05, 0.1) is 6.61 Å². The van der Waals surface area contributed by atoms with Gasteiger partial charge in [0, 0.05) is 0 Å². The van der Waals surface area contributed by atoms with Gasteiger partial charge in [-0.15, -0.1) is 6.58 Å². The maximum absolute atomic E-state index is 10.9. The molecule has 58 valence electrons. The van der Waals surface area contributed by atoms with Crippen LogP contribution in [0.25, 0.3) is 0 Å². The highest BCUT2D eigenvalue weighted by Crippen LogP contribution is 2.07. The lowest BCUT2D eigenvalue weighted by Gasteiger charge is -2.04. The number of hydrogen-bond donors (Lipinski definition) is 0. The van der Waals surface area contributed by atoms with Crippen molar-refractivity contribution in [2.24, 2.45) is 0 Å². The van der Waals surface area contributed by atoms with E-state index in [2.05, 4.69) is 6.58 Å². The van der Waals surface area contributed by atoms with Crippen LogP contribution in [0, 0.1) is 0 Å². The lowest BCUT2D eigenvalue weighted by molar-refractivity contribution is -0.141. The lowest BCUT2D eigenvalue weighted by Crippen LogP contribution is -2.16. The first kappa shape index (κ1) is 9.94. The Labute approximate surface area is 74.8 Å². The van der Waals surface area contributed by atoms with Gasteiger partial charge in [-0.3, -0.25) is 4.79 Å².